The van der Waals surface area contributed by atoms with Crippen molar-refractivity contribution in [1.29, 1.82) is 0 Å². The molecule has 2 heterocycles. The quantitative estimate of drug-likeness (QED) is 0.909. The van der Waals surface area contributed by atoms with Crippen molar-refractivity contribution >= 4 is 17.5 Å². The van der Waals surface area contributed by atoms with Crippen LogP contribution in [0.25, 0.3) is 0 Å². The van der Waals surface area contributed by atoms with Crippen LogP contribution in [0.2, 0.25) is 0 Å². The first kappa shape index (κ1) is 17.9. The standard InChI is InChI=1S/C18H16F3N3O2/c19-18(20,21)13-4-3-6-15(9-13)24-11-12(8-16(24)25)17(26)23-10-14-5-1-2-7-22-14/h1-7,9,12H,8,10-11H2,(H,23,26)/t12-/m0/s1. The van der Waals surface area contributed by atoms with Gasteiger partial charge in [-0.25, -0.2) is 0 Å². The maximum Gasteiger partial charge on any atom is 0.416 e. The highest BCUT2D eigenvalue weighted by atomic mass is 19.4. The molecule has 2 amide bonds. The molecule has 0 saturated carbocycles. The van der Waals surface area contributed by atoms with E-state index in [1.54, 1.807) is 24.4 Å². The number of anilines is 1. The number of aromatic nitrogens is 1. The third-order valence-electron chi connectivity index (χ3n) is 4.15. The van der Waals surface area contributed by atoms with Crippen molar-refractivity contribution in [3.8, 4) is 0 Å². The molecule has 5 nitrogen and oxygen atoms in total. The van der Waals surface area contributed by atoms with Crippen molar-refractivity contribution in [3.63, 3.8) is 0 Å². The number of benzene rings is 1. The number of nitrogens with one attached hydrogen (secondary N) is 1. The smallest absolute Gasteiger partial charge is 0.350 e. The van der Waals surface area contributed by atoms with Gasteiger partial charge in [0.1, 0.15) is 0 Å². The first-order chi connectivity index (χ1) is 12.3. The average Bonchev–Trinajstić information content (AvgIpc) is 3.02. The largest absolute Gasteiger partial charge is 0.416 e. The fourth-order valence-corrected chi connectivity index (χ4v) is 2.81. The van der Waals surface area contributed by atoms with E-state index >= 15 is 0 Å². The summed E-state index contributed by atoms with van der Waals surface area (Å²) in [7, 11) is 0. The maximum absolute atomic E-state index is 12.8. The number of hydrogen-bond donors (Lipinski definition) is 1. The zero-order valence-corrected chi connectivity index (χ0v) is 13.7. The number of nitrogens with zero attached hydrogens (tertiary/aromatic N) is 2. The summed E-state index contributed by atoms with van der Waals surface area (Å²) in [4.78, 5) is 29.8. The van der Waals surface area contributed by atoms with E-state index in [0.717, 1.165) is 12.1 Å². The van der Waals surface area contributed by atoms with Crippen LogP contribution in [0.15, 0.2) is 48.7 Å². The molecule has 1 aliphatic rings. The first-order valence-electron chi connectivity index (χ1n) is 8.00. The Balaban J connectivity index is 1.66. The highest BCUT2D eigenvalue weighted by Crippen LogP contribution is 2.33. The molecule has 0 spiro atoms. The van der Waals surface area contributed by atoms with Crippen LogP contribution in [-0.2, 0) is 22.3 Å². The maximum atomic E-state index is 12.8. The Kier molecular flexibility index (Phi) is 4.92. The lowest BCUT2D eigenvalue weighted by atomic mass is 10.1. The summed E-state index contributed by atoms with van der Waals surface area (Å²) in [5.74, 6) is -1.30. The van der Waals surface area contributed by atoms with Gasteiger partial charge in [0, 0.05) is 24.8 Å². The summed E-state index contributed by atoms with van der Waals surface area (Å²) in [6.45, 7) is 0.280. The number of hydrogen-bond acceptors (Lipinski definition) is 3. The zero-order chi connectivity index (χ0) is 18.7. The van der Waals surface area contributed by atoms with Gasteiger partial charge in [-0.15, -0.1) is 0 Å². The van der Waals surface area contributed by atoms with Gasteiger partial charge in [0.2, 0.25) is 11.8 Å². The monoisotopic (exact) mass is 363 g/mol. The summed E-state index contributed by atoms with van der Waals surface area (Å²) in [6.07, 6.45) is -2.92. The van der Waals surface area contributed by atoms with Crippen molar-refractivity contribution in [2.45, 2.75) is 19.1 Å². The van der Waals surface area contributed by atoms with Gasteiger partial charge in [0.25, 0.3) is 0 Å². The van der Waals surface area contributed by atoms with Crippen LogP contribution in [-0.4, -0.2) is 23.3 Å². The highest BCUT2D eigenvalue weighted by molar-refractivity contribution is 6.00. The average molecular weight is 363 g/mol. The second-order valence-corrected chi connectivity index (χ2v) is 5.99. The molecular formula is C18H16F3N3O2. The van der Waals surface area contributed by atoms with Gasteiger partial charge >= 0.3 is 6.18 Å². The van der Waals surface area contributed by atoms with E-state index in [2.05, 4.69) is 10.3 Å². The number of halogens is 3. The van der Waals surface area contributed by atoms with E-state index in [1.165, 1.54) is 17.0 Å². The summed E-state index contributed by atoms with van der Waals surface area (Å²) in [6, 6.07) is 9.86. The predicted molar refractivity (Wildman–Crippen MR) is 88.0 cm³/mol. The van der Waals surface area contributed by atoms with Crippen LogP contribution >= 0.6 is 0 Å². The van der Waals surface area contributed by atoms with Gasteiger partial charge in [-0.2, -0.15) is 13.2 Å². The van der Waals surface area contributed by atoms with Crippen LogP contribution in [0, 0.1) is 5.92 Å². The number of carbonyl (C=O) groups is 2. The Labute approximate surface area is 147 Å². The van der Waals surface area contributed by atoms with Crippen molar-refractivity contribution < 1.29 is 22.8 Å². The topological polar surface area (TPSA) is 62.3 Å². The number of pyridine rings is 1. The normalized spacial score (nSPS) is 17.4. The molecule has 1 aromatic carbocycles. The van der Waals surface area contributed by atoms with Crippen molar-refractivity contribution in [3.05, 3.63) is 59.9 Å². The molecule has 26 heavy (non-hydrogen) atoms. The van der Waals surface area contributed by atoms with Crippen LogP contribution in [0.3, 0.4) is 0 Å². The van der Waals surface area contributed by atoms with E-state index in [-0.39, 0.29) is 37.0 Å². The Morgan fingerprint density at radius 3 is 2.73 bits per heavy atom. The fraction of sp³-hybridized carbons (Fsp3) is 0.278. The van der Waals surface area contributed by atoms with Crippen LogP contribution in [0.5, 0.6) is 0 Å². The van der Waals surface area contributed by atoms with Gasteiger partial charge in [-0.1, -0.05) is 12.1 Å². The van der Waals surface area contributed by atoms with Crippen molar-refractivity contribution in [1.82, 2.24) is 10.3 Å². The zero-order valence-electron chi connectivity index (χ0n) is 13.7. The minimum atomic E-state index is -4.49. The van der Waals surface area contributed by atoms with E-state index in [9.17, 15) is 22.8 Å². The minimum Gasteiger partial charge on any atom is -0.350 e. The van der Waals surface area contributed by atoms with E-state index in [1.807, 2.05) is 0 Å². The number of carbonyl (C=O) groups excluding carboxylic acids is 2. The molecule has 0 aliphatic carbocycles. The molecule has 136 valence electrons. The molecule has 2 aromatic rings. The molecule has 0 unspecified atom stereocenters. The van der Waals surface area contributed by atoms with Crippen molar-refractivity contribution in [2.24, 2.45) is 5.92 Å². The molecule has 8 heteroatoms. The lowest BCUT2D eigenvalue weighted by molar-refractivity contribution is -0.137. The van der Waals surface area contributed by atoms with E-state index in [0.29, 0.717) is 5.69 Å². The van der Waals surface area contributed by atoms with E-state index < -0.39 is 17.7 Å². The SMILES string of the molecule is O=C(NCc1ccccn1)[C@H]1CC(=O)N(c2cccc(C(F)(F)F)c2)C1. The molecular weight excluding hydrogens is 347 g/mol. The Morgan fingerprint density at radius 1 is 1.23 bits per heavy atom. The van der Waals surface area contributed by atoms with Gasteiger partial charge < -0.3 is 10.2 Å². The molecule has 1 fully saturated rings. The Hall–Kier alpha value is -2.90. The number of rotatable bonds is 4. The van der Waals surface area contributed by atoms with Crippen molar-refractivity contribution in [2.75, 3.05) is 11.4 Å². The fourth-order valence-electron chi connectivity index (χ4n) is 2.81. The predicted octanol–water partition coefficient (Wildman–Crippen LogP) is 2.77. The van der Waals surface area contributed by atoms with Crippen LogP contribution in [0.4, 0.5) is 18.9 Å². The van der Waals surface area contributed by atoms with Gasteiger partial charge in [-0.3, -0.25) is 14.6 Å². The lowest BCUT2D eigenvalue weighted by Crippen LogP contribution is -2.32. The summed E-state index contributed by atoms with van der Waals surface area (Å²) in [5, 5.41) is 2.71. The highest BCUT2D eigenvalue weighted by Gasteiger charge is 2.36. The number of alkyl halides is 3. The van der Waals surface area contributed by atoms with Crippen LogP contribution in [0.1, 0.15) is 17.7 Å². The lowest BCUT2D eigenvalue weighted by Gasteiger charge is -2.18. The minimum absolute atomic E-state index is 0.0374. The Morgan fingerprint density at radius 2 is 2.04 bits per heavy atom. The molecule has 1 N–H and O–H groups in total. The molecule has 0 radical (unpaired) electrons. The molecule has 1 aliphatic heterocycles. The first-order valence-corrected chi connectivity index (χ1v) is 8.00. The molecule has 1 atom stereocenters. The van der Waals surface area contributed by atoms with Crippen LogP contribution < -0.4 is 10.2 Å². The summed E-state index contributed by atoms with van der Waals surface area (Å²) in [5.41, 5.74) is -0.00406. The van der Waals surface area contributed by atoms with Gasteiger partial charge in [-0.05, 0) is 30.3 Å². The third-order valence-corrected chi connectivity index (χ3v) is 4.15. The summed E-state index contributed by atoms with van der Waals surface area (Å²) < 4.78 is 38.5. The molecule has 1 aromatic heterocycles. The number of amides is 2. The molecule has 1 saturated heterocycles. The Bertz CT molecular complexity index is 809. The molecule has 0 bridgehead atoms. The molecule has 3 rings (SSSR count). The van der Waals surface area contributed by atoms with Gasteiger partial charge in [0.05, 0.1) is 23.7 Å². The second kappa shape index (κ2) is 7.15. The van der Waals surface area contributed by atoms with E-state index in [4.69, 9.17) is 0 Å². The second-order valence-electron chi connectivity index (χ2n) is 5.99. The summed E-state index contributed by atoms with van der Waals surface area (Å²) >= 11 is 0. The third kappa shape index (κ3) is 4.01. The van der Waals surface area contributed by atoms with Gasteiger partial charge in [0.15, 0.2) is 0 Å².